The number of carbonyl (C=O) groups is 1. The van der Waals surface area contributed by atoms with Gasteiger partial charge in [-0.05, 0) is 59.9 Å². The van der Waals surface area contributed by atoms with E-state index in [9.17, 15) is 4.79 Å². The molecule has 31 heavy (non-hydrogen) atoms. The van der Waals surface area contributed by atoms with Crippen molar-refractivity contribution in [1.82, 2.24) is 5.32 Å². The maximum absolute atomic E-state index is 12.9. The van der Waals surface area contributed by atoms with E-state index in [0.29, 0.717) is 0 Å². The Kier molecular flexibility index (Phi) is 12.2. The molecule has 1 atom stereocenters. The Balaban J connectivity index is 2.97. The van der Waals surface area contributed by atoms with Crippen LogP contribution in [-0.4, -0.2) is 5.91 Å². The molecular formula is C27H42BrNO2. The lowest BCUT2D eigenvalue weighted by molar-refractivity contribution is -0.120. The molecule has 0 bridgehead atoms. The molecule has 0 spiro atoms. The minimum absolute atomic E-state index is 0.00205. The number of unbranched alkanes of at least 4 members (excludes halogenated alkanes) is 3. The van der Waals surface area contributed by atoms with Gasteiger partial charge in [0.15, 0.2) is 5.76 Å². The van der Waals surface area contributed by atoms with Crippen molar-refractivity contribution in [3.8, 4) is 0 Å². The minimum atomic E-state index is -0.244. The van der Waals surface area contributed by atoms with E-state index in [0.717, 1.165) is 55.8 Å². The molecule has 3 nitrogen and oxygen atoms in total. The molecule has 0 fully saturated rings. The highest BCUT2D eigenvalue weighted by Gasteiger charge is 2.21. The molecule has 0 saturated heterocycles. The average Bonchev–Trinajstić information content (AvgIpc) is 2.71. The van der Waals surface area contributed by atoms with Crippen molar-refractivity contribution in [2.24, 2.45) is 5.41 Å². The quantitative estimate of drug-likeness (QED) is 0.171. The lowest BCUT2D eigenvalue weighted by Gasteiger charge is -2.24. The smallest absolute Gasteiger partial charge is 0.286 e. The van der Waals surface area contributed by atoms with Gasteiger partial charge >= 0.3 is 0 Å². The fraction of sp³-hybridized carbons (Fsp3) is 0.593. The van der Waals surface area contributed by atoms with Crippen LogP contribution in [0.3, 0.4) is 0 Å². The molecule has 0 aliphatic heterocycles. The van der Waals surface area contributed by atoms with Gasteiger partial charge in [-0.2, -0.15) is 0 Å². The molecular weight excluding hydrogens is 450 g/mol. The molecule has 174 valence electrons. The van der Waals surface area contributed by atoms with Gasteiger partial charge < -0.3 is 10.1 Å². The minimum Gasteiger partial charge on any atom is -0.460 e. The summed E-state index contributed by atoms with van der Waals surface area (Å²) in [4.78, 5) is 12.9. The second-order valence-corrected chi connectivity index (χ2v) is 10.2. The van der Waals surface area contributed by atoms with Crippen molar-refractivity contribution < 1.29 is 9.53 Å². The van der Waals surface area contributed by atoms with Gasteiger partial charge in [0.1, 0.15) is 0 Å². The maximum Gasteiger partial charge on any atom is 0.286 e. The van der Waals surface area contributed by atoms with Crippen molar-refractivity contribution in [2.75, 3.05) is 0 Å². The van der Waals surface area contributed by atoms with Gasteiger partial charge in [0.2, 0.25) is 0 Å². The van der Waals surface area contributed by atoms with Crippen LogP contribution in [0.2, 0.25) is 0 Å². The number of benzene rings is 1. The van der Waals surface area contributed by atoms with E-state index >= 15 is 0 Å². The molecule has 1 aromatic carbocycles. The number of allylic oxidation sites excluding steroid dienone is 1. The number of ether oxygens (including phenoxy) is 1. The first-order valence-electron chi connectivity index (χ1n) is 11.8. The summed E-state index contributed by atoms with van der Waals surface area (Å²) in [6, 6.07) is 6.26. The van der Waals surface area contributed by atoms with E-state index < -0.39 is 0 Å². The number of nitrogens with one attached hydrogen (secondary N) is 1. The van der Waals surface area contributed by atoms with E-state index in [2.05, 4.69) is 81.5 Å². The molecule has 1 N–H and O–H groups in total. The van der Waals surface area contributed by atoms with Crippen LogP contribution in [0.25, 0.3) is 0 Å². The largest absolute Gasteiger partial charge is 0.460 e. The first-order valence-corrected chi connectivity index (χ1v) is 12.6. The molecule has 0 aliphatic rings. The predicted molar refractivity (Wildman–Crippen MR) is 136 cm³/mol. The summed E-state index contributed by atoms with van der Waals surface area (Å²) in [5.74, 6) is -0.0969. The van der Waals surface area contributed by atoms with Gasteiger partial charge in [0, 0.05) is 4.47 Å². The first kappa shape index (κ1) is 27.5. The molecule has 1 amide bonds. The number of rotatable bonds is 13. The number of halogens is 1. The van der Waals surface area contributed by atoms with Crippen LogP contribution in [0.4, 0.5) is 0 Å². The molecule has 4 heteroatoms. The van der Waals surface area contributed by atoms with Crippen molar-refractivity contribution >= 4 is 21.8 Å². The van der Waals surface area contributed by atoms with Crippen molar-refractivity contribution in [3.63, 3.8) is 0 Å². The lowest BCUT2D eigenvalue weighted by Crippen LogP contribution is -2.30. The third-order valence-electron chi connectivity index (χ3n) is 5.62. The predicted octanol–water partition coefficient (Wildman–Crippen LogP) is 8.40. The fourth-order valence-electron chi connectivity index (χ4n) is 3.54. The molecule has 0 aliphatic carbocycles. The van der Waals surface area contributed by atoms with E-state index in [1.54, 1.807) is 6.26 Å². The lowest BCUT2D eigenvalue weighted by atomic mass is 9.84. The van der Waals surface area contributed by atoms with Gasteiger partial charge in [0.25, 0.3) is 5.91 Å². The van der Waals surface area contributed by atoms with Crippen LogP contribution in [-0.2, 0) is 16.0 Å². The number of hydrogen-bond acceptors (Lipinski definition) is 2. The average molecular weight is 493 g/mol. The number of carbonyl (C=O) groups excluding carboxylic acids is 1. The second-order valence-electron chi connectivity index (χ2n) is 9.26. The maximum atomic E-state index is 12.9. The Morgan fingerprint density at radius 1 is 1.16 bits per heavy atom. The summed E-state index contributed by atoms with van der Waals surface area (Å²) in [5, 5.41) is 3.18. The normalized spacial score (nSPS) is 13.1. The molecule has 1 aromatic rings. The van der Waals surface area contributed by atoms with Crippen LogP contribution in [0, 0.1) is 5.41 Å². The van der Waals surface area contributed by atoms with Gasteiger partial charge in [-0.3, -0.25) is 4.79 Å². The summed E-state index contributed by atoms with van der Waals surface area (Å²) >= 11 is 3.56. The van der Waals surface area contributed by atoms with E-state index in [1.165, 1.54) is 16.7 Å². The Morgan fingerprint density at radius 2 is 1.84 bits per heavy atom. The van der Waals surface area contributed by atoms with Crippen molar-refractivity contribution in [1.29, 1.82) is 0 Å². The molecule has 0 saturated carbocycles. The van der Waals surface area contributed by atoms with Crippen LogP contribution < -0.4 is 5.32 Å². The van der Waals surface area contributed by atoms with Gasteiger partial charge in [-0.1, -0.05) is 95.8 Å². The number of hydrogen-bond donors (Lipinski definition) is 1. The van der Waals surface area contributed by atoms with Crippen LogP contribution >= 0.6 is 15.9 Å². The Hall–Kier alpha value is -1.55. The fourth-order valence-corrected chi connectivity index (χ4v) is 3.95. The number of amides is 1. The van der Waals surface area contributed by atoms with Crippen molar-refractivity contribution in [3.05, 3.63) is 58.0 Å². The second kappa shape index (κ2) is 13.8. The SMILES string of the molecule is C=C(O/C=C(\CCCC)C(C)(C)C)C(=O)NC(CCCCC)c1ccc(Br)cc1CC. The summed E-state index contributed by atoms with van der Waals surface area (Å²) < 4.78 is 6.81. The zero-order valence-corrected chi connectivity index (χ0v) is 22.0. The standard InChI is InChI=1S/C27H42BrNO2/c1-8-11-13-15-25(24-17-16-23(28)18-21(24)10-3)29-26(30)20(4)31-19-22(14-12-9-2)27(5,6)7/h16-19,25H,4,8-15H2,1-3,5-7H3,(H,29,30)/b22-19+. The van der Waals surface area contributed by atoms with Crippen LogP contribution in [0.5, 0.6) is 0 Å². The molecule has 1 unspecified atom stereocenters. The van der Waals surface area contributed by atoms with E-state index in [-0.39, 0.29) is 23.1 Å². The Morgan fingerprint density at radius 3 is 2.42 bits per heavy atom. The van der Waals surface area contributed by atoms with Gasteiger partial charge in [0.05, 0.1) is 12.3 Å². The van der Waals surface area contributed by atoms with E-state index in [1.807, 2.05) is 6.07 Å². The Labute approximate surface area is 198 Å². The summed E-state index contributed by atoms with van der Waals surface area (Å²) in [5.41, 5.74) is 3.63. The molecule has 0 heterocycles. The first-order chi connectivity index (χ1) is 14.6. The highest BCUT2D eigenvalue weighted by atomic mass is 79.9. The zero-order valence-electron chi connectivity index (χ0n) is 20.4. The summed E-state index contributed by atoms with van der Waals surface area (Å²) in [6.07, 6.45) is 10.1. The van der Waals surface area contributed by atoms with Crippen LogP contribution in [0.15, 0.2) is 46.8 Å². The third kappa shape index (κ3) is 9.64. The third-order valence-corrected chi connectivity index (χ3v) is 6.12. The molecule has 0 aromatic heterocycles. The van der Waals surface area contributed by atoms with E-state index in [4.69, 9.17) is 4.74 Å². The van der Waals surface area contributed by atoms with Crippen molar-refractivity contribution in [2.45, 2.75) is 99.0 Å². The van der Waals surface area contributed by atoms with Gasteiger partial charge in [-0.15, -0.1) is 0 Å². The highest BCUT2D eigenvalue weighted by Crippen LogP contribution is 2.30. The summed E-state index contributed by atoms with van der Waals surface area (Å²) in [7, 11) is 0. The zero-order chi connectivity index (χ0) is 23.4. The molecule has 0 radical (unpaired) electrons. The topological polar surface area (TPSA) is 38.3 Å². The molecule has 1 rings (SSSR count). The van der Waals surface area contributed by atoms with Gasteiger partial charge in [-0.25, -0.2) is 0 Å². The Bertz CT molecular complexity index is 746. The van der Waals surface area contributed by atoms with Crippen LogP contribution in [0.1, 0.15) is 104 Å². The summed E-state index contributed by atoms with van der Waals surface area (Å²) in [6.45, 7) is 16.9. The highest BCUT2D eigenvalue weighted by molar-refractivity contribution is 9.10. The monoisotopic (exact) mass is 491 g/mol. The number of aryl methyl sites for hydroxylation is 1.